The number of hydrogen-bond donors (Lipinski definition) is 0. The zero-order chi connectivity index (χ0) is 19.7. The molecule has 0 saturated carbocycles. The number of anilines is 1. The van der Waals surface area contributed by atoms with Crippen molar-refractivity contribution in [2.45, 2.75) is 26.8 Å². The molecule has 0 radical (unpaired) electrons. The first-order chi connectivity index (χ1) is 13.5. The van der Waals surface area contributed by atoms with Gasteiger partial charge in [-0.3, -0.25) is 14.5 Å². The van der Waals surface area contributed by atoms with E-state index in [4.69, 9.17) is 4.52 Å². The molecule has 7 nitrogen and oxygen atoms in total. The van der Waals surface area contributed by atoms with Crippen molar-refractivity contribution in [3.63, 3.8) is 0 Å². The molecule has 28 heavy (non-hydrogen) atoms. The molecule has 1 unspecified atom stereocenters. The second-order valence-electron chi connectivity index (χ2n) is 7.78. The second kappa shape index (κ2) is 7.75. The lowest BCUT2D eigenvalue weighted by Crippen LogP contribution is -2.50. The van der Waals surface area contributed by atoms with Gasteiger partial charge in [0.1, 0.15) is 0 Å². The van der Waals surface area contributed by atoms with Crippen LogP contribution < -0.4 is 4.90 Å². The fraction of sp³-hybridized carbons (Fsp3) is 0.476. The molecule has 1 aromatic heterocycles. The Labute approximate surface area is 164 Å². The van der Waals surface area contributed by atoms with Gasteiger partial charge in [-0.25, -0.2) is 0 Å². The summed E-state index contributed by atoms with van der Waals surface area (Å²) in [4.78, 5) is 31.3. The lowest BCUT2D eigenvalue weighted by atomic mass is 10.1. The van der Waals surface area contributed by atoms with Crippen molar-refractivity contribution in [3.8, 4) is 0 Å². The van der Waals surface area contributed by atoms with Crippen LogP contribution in [0.25, 0.3) is 0 Å². The maximum Gasteiger partial charge on any atom is 0.228 e. The smallest absolute Gasteiger partial charge is 0.228 e. The summed E-state index contributed by atoms with van der Waals surface area (Å²) < 4.78 is 5.28. The lowest BCUT2D eigenvalue weighted by molar-refractivity contribution is -0.137. The topological polar surface area (TPSA) is 69.9 Å². The van der Waals surface area contributed by atoms with Crippen molar-refractivity contribution in [1.29, 1.82) is 0 Å². The van der Waals surface area contributed by atoms with Crippen molar-refractivity contribution < 1.29 is 14.1 Å². The summed E-state index contributed by atoms with van der Waals surface area (Å²) in [5, 5.41) is 3.92. The Kier molecular flexibility index (Phi) is 5.17. The highest BCUT2D eigenvalue weighted by Crippen LogP contribution is 2.27. The third-order valence-electron chi connectivity index (χ3n) is 5.56. The maximum absolute atomic E-state index is 12.9. The van der Waals surface area contributed by atoms with Crippen LogP contribution in [0.2, 0.25) is 0 Å². The minimum atomic E-state index is -0.253. The fourth-order valence-corrected chi connectivity index (χ4v) is 3.94. The number of carbonyl (C=O) groups excluding carboxylic acids is 2. The summed E-state index contributed by atoms with van der Waals surface area (Å²) in [5.41, 5.74) is 2.91. The first-order valence-corrected chi connectivity index (χ1v) is 9.80. The Morgan fingerprint density at radius 2 is 1.86 bits per heavy atom. The number of piperazine rings is 1. The van der Waals surface area contributed by atoms with Gasteiger partial charge in [-0.15, -0.1) is 0 Å². The number of amides is 2. The Balaban J connectivity index is 1.31. The number of aryl methyl sites for hydroxylation is 2. The molecule has 0 spiro atoms. The number of carbonyl (C=O) groups is 2. The minimum Gasteiger partial charge on any atom is -0.360 e. The van der Waals surface area contributed by atoms with E-state index in [1.807, 2.05) is 49.1 Å². The van der Waals surface area contributed by atoms with Crippen molar-refractivity contribution >= 4 is 17.5 Å². The fourth-order valence-electron chi connectivity index (χ4n) is 3.94. The molecule has 2 fully saturated rings. The van der Waals surface area contributed by atoms with Gasteiger partial charge in [-0.1, -0.05) is 22.9 Å². The van der Waals surface area contributed by atoms with E-state index in [2.05, 4.69) is 10.1 Å². The van der Waals surface area contributed by atoms with E-state index in [0.29, 0.717) is 32.6 Å². The third kappa shape index (κ3) is 3.94. The molecule has 4 rings (SSSR count). The predicted octanol–water partition coefficient (Wildman–Crippen LogP) is 1.99. The van der Waals surface area contributed by atoms with Gasteiger partial charge >= 0.3 is 0 Å². The number of benzene rings is 1. The monoisotopic (exact) mass is 382 g/mol. The van der Waals surface area contributed by atoms with Crippen molar-refractivity contribution in [2.24, 2.45) is 5.92 Å². The van der Waals surface area contributed by atoms with Gasteiger partial charge in [0.05, 0.1) is 18.2 Å². The van der Waals surface area contributed by atoms with Crippen LogP contribution in [0.5, 0.6) is 0 Å². The number of aromatic nitrogens is 1. The third-order valence-corrected chi connectivity index (χ3v) is 5.56. The van der Waals surface area contributed by atoms with Gasteiger partial charge in [-0.05, 0) is 26.0 Å². The highest BCUT2D eigenvalue weighted by Gasteiger charge is 2.37. The van der Waals surface area contributed by atoms with Crippen LogP contribution in [-0.4, -0.2) is 59.5 Å². The number of nitrogens with zero attached hydrogens (tertiary/aromatic N) is 4. The Hall–Kier alpha value is -2.67. The second-order valence-corrected chi connectivity index (χ2v) is 7.78. The van der Waals surface area contributed by atoms with Crippen molar-refractivity contribution in [1.82, 2.24) is 15.0 Å². The summed E-state index contributed by atoms with van der Waals surface area (Å²) in [6.45, 7) is 8.08. The van der Waals surface area contributed by atoms with Gasteiger partial charge in [0.2, 0.25) is 11.8 Å². The Bertz CT molecular complexity index is 853. The van der Waals surface area contributed by atoms with Crippen LogP contribution >= 0.6 is 0 Å². The van der Waals surface area contributed by atoms with E-state index in [9.17, 15) is 9.59 Å². The quantitative estimate of drug-likeness (QED) is 0.809. The normalized spacial score (nSPS) is 20.8. The molecule has 0 aliphatic carbocycles. The molecular weight excluding hydrogens is 356 g/mol. The summed E-state index contributed by atoms with van der Waals surface area (Å²) in [7, 11) is 0. The molecule has 2 saturated heterocycles. The van der Waals surface area contributed by atoms with Crippen molar-refractivity contribution in [2.75, 3.05) is 37.6 Å². The molecule has 3 heterocycles. The van der Waals surface area contributed by atoms with E-state index in [0.717, 1.165) is 35.8 Å². The van der Waals surface area contributed by atoms with E-state index < -0.39 is 0 Å². The van der Waals surface area contributed by atoms with Gasteiger partial charge in [0.25, 0.3) is 0 Å². The van der Waals surface area contributed by atoms with Crippen LogP contribution in [0, 0.1) is 19.8 Å². The number of rotatable bonds is 4. The Morgan fingerprint density at radius 3 is 2.50 bits per heavy atom. The maximum atomic E-state index is 12.9. The molecule has 2 aromatic rings. The molecule has 2 amide bonds. The van der Waals surface area contributed by atoms with Crippen LogP contribution in [0.1, 0.15) is 23.4 Å². The Morgan fingerprint density at radius 1 is 1.14 bits per heavy atom. The summed E-state index contributed by atoms with van der Waals surface area (Å²) >= 11 is 0. The summed E-state index contributed by atoms with van der Waals surface area (Å²) in [6.07, 6.45) is 0.296. The van der Waals surface area contributed by atoms with Crippen LogP contribution in [0.3, 0.4) is 0 Å². The molecule has 7 heteroatoms. The minimum absolute atomic E-state index is 0.0292. The molecular formula is C21H26N4O3. The highest BCUT2D eigenvalue weighted by molar-refractivity contribution is 6.00. The zero-order valence-electron chi connectivity index (χ0n) is 16.4. The molecule has 2 aliphatic rings. The largest absolute Gasteiger partial charge is 0.360 e. The molecule has 0 bridgehead atoms. The van der Waals surface area contributed by atoms with Crippen LogP contribution in [-0.2, 0) is 16.1 Å². The average Bonchev–Trinajstić information content (AvgIpc) is 3.28. The van der Waals surface area contributed by atoms with E-state index >= 15 is 0 Å². The highest BCUT2D eigenvalue weighted by atomic mass is 16.5. The van der Waals surface area contributed by atoms with Crippen molar-refractivity contribution in [3.05, 3.63) is 47.3 Å². The predicted molar refractivity (Wildman–Crippen MR) is 105 cm³/mol. The van der Waals surface area contributed by atoms with Crippen LogP contribution in [0.15, 0.2) is 34.9 Å². The summed E-state index contributed by atoms with van der Waals surface area (Å²) in [5.74, 6) is 0.726. The standard InChI is InChI=1S/C21H26N4O3/c1-15-3-5-18(6-4-15)25-13-17(12-20(25)26)21(27)24-9-7-23(8-10-24)14-19-11-16(2)22-28-19/h3-6,11,17H,7-10,12-14H2,1-2H3. The molecule has 1 aromatic carbocycles. The molecule has 2 aliphatic heterocycles. The van der Waals surface area contributed by atoms with Gasteiger partial charge in [-0.2, -0.15) is 0 Å². The lowest BCUT2D eigenvalue weighted by Gasteiger charge is -2.35. The first-order valence-electron chi connectivity index (χ1n) is 9.80. The number of hydrogen-bond acceptors (Lipinski definition) is 5. The van der Waals surface area contributed by atoms with Gasteiger partial charge < -0.3 is 14.3 Å². The van der Waals surface area contributed by atoms with E-state index in [-0.39, 0.29) is 17.7 Å². The van der Waals surface area contributed by atoms with E-state index in [1.54, 1.807) is 4.90 Å². The average molecular weight is 382 g/mol. The molecule has 0 N–H and O–H groups in total. The van der Waals surface area contributed by atoms with E-state index in [1.165, 1.54) is 0 Å². The summed E-state index contributed by atoms with van der Waals surface area (Å²) in [6, 6.07) is 9.83. The van der Waals surface area contributed by atoms with Gasteiger partial charge in [0, 0.05) is 50.9 Å². The first kappa shape index (κ1) is 18.7. The zero-order valence-corrected chi connectivity index (χ0v) is 16.4. The molecule has 148 valence electrons. The molecule has 1 atom stereocenters. The SMILES string of the molecule is Cc1ccc(N2CC(C(=O)N3CCN(Cc4cc(C)no4)CC3)CC2=O)cc1. The van der Waals surface area contributed by atoms with Crippen LogP contribution in [0.4, 0.5) is 5.69 Å². The van der Waals surface area contributed by atoms with Gasteiger partial charge in [0.15, 0.2) is 5.76 Å².